The molecule has 1 aliphatic rings. The largest absolute Gasteiger partial charge is 0.481 e. The Labute approximate surface area is 190 Å². The van der Waals surface area contributed by atoms with Gasteiger partial charge in [0.2, 0.25) is 6.29 Å². The Bertz CT molecular complexity index is 1400. The molecule has 33 heavy (non-hydrogen) atoms. The van der Waals surface area contributed by atoms with E-state index >= 15 is 0 Å². The maximum Gasteiger partial charge on any atom is 0.336 e. The summed E-state index contributed by atoms with van der Waals surface area (Å²) < 4.78 is 15.4. The van der Waals surface area contributed by atoms with Gasteiger partial charge < -0.3 is 24.1 Å². The molecule has 0 amide bonds. The quantitative estimate of drug-likeness (QED) is 0.254. The average Bonchev–Trinajstić information content (AvgIpc) is 2.73. The number of hydrogen-bond donors (Lipinski definition) is 2. The fourth-order valence-corrected chi connectivity index (χ4v) is 3.69. The maximum absolute atomic E-state index is 13.0. The van der Waals surface area contributed by atoms with Crippen LogP contribution in [0.2, 0.25) is 5.02 Å². The third kappa shape index (κ3) is 4.36. The summed E-state index contributed by atoms with van der Waals surface area (Å²) in [5.41, 5.74) is -1.13. The number of Topliss-reactive ketones (excluding diaryl/α,β-unsaturated/α-hetero) is 1. The van der Waals surface area contributed by atoms with Crippen molar-refractivity contribution in [3.05, 3.63) is 80.7 Å². The van der Waals surface area contributed by atoms with Crippen LogP contribution in [-0.4, -0.2) is 34.2 Å². The van der Waals surface area contributed by atoms with Crippen molar-refractivity contribution in [3.8, 4) is 11.5 Å². The van der Waals surface area contributed by atoms with Crippen molar-refractivity contribution >= 4 is 40.3 Å². The number of carbonyl (C=O) groups is 3. The number of hydrogen-bond acceptors (Lipinski definition) is 8. The summed E-state index contributed by atoms with van der Waals surface area (Å²) >= 11 is 5.94. The standard InChI is InChI=1S/C23H15ClO9/c1-10(25)31-12-3-4-13-14(9-20(26)32-19(13)7-12)15(22(28)29)8-17-21(27)16-6-11(24)2-5-18(16)33-23(17)30/h2-9,15,23,30H,1H3,(H,28,29)/b17-8-/t15-,23+/m0/s1. The number of ketones is 1. The van der Waals surface area contributed by atoms with E-state index in [0.29, 0.717) is 0 Å². The van der Waals surface area contributed by atoms with Crippen LogP contribution in [0.4, 0.5) is 0 Å². The monoisotopic (exact) mass is 470 g/mol. The highest BCUT2D eigenvalue weighted by Gasteiger charge is 2.33. The number of fused-ring (bicyclic) bond motifs is 2. The number of aliphatic hydroxyl groups excluding tert-OH is 1. The first-order valence-corrected chi connectivity index (χ1v) is 9.91. The van der Waals surface area contributed by atoms with Gasteiger partial charge in [0.1, 0.15) is 23.0 Å². The zero-order valence-corrected chi connectivity index (χ0v) is 17.7. The molecule has 2 atom stereocenters. The molecule has 4 rings (SSSR count). The Morgan fingerprint density at radius 1 is 1.15 bits per heavy atom. The predicted molar refractivity (Wildman–Crippen MR) is 115 cm³/mol. The molecular formula is C23H15ClO9. The number of esters is 1. The van der Waals surface area contributed by atoms with Crippen LogP contribution in [0.5, 0.6) is 11.5 Å². The number of benzene rings is 2. The van der Waals surface area contributed by atoms with Crippen LogP contribution in [0.1, 0.15) is 28.8 Å². The first-order valence-electron chi connectivity index (χ1n) is 9.54. The van der Waals surface area contributed by atoms with Crippen LogP contribution < -0.4 is 15.1 Å². The Balaban J connectivity index is 1.85. The Morgan fingerprint density at radius 3 is 2.61 bits per heavy atom. The highest BCUT2D eigenvalue weighted by Crippen LogP contribution is 2.35. The van der Waals surface area contributed by atoms with E-state index in [2.05, 4.69) is 0 Å². The predicted octanol–water partition coefficient (Wildman–Crippen LogP) is 3.06. The minimum absolute atomic E-state index is 0.00696. The zero-order valence-electron chi connectivity index (χ0n) is 16.9. The summed E-state index contributed by atoms with van der Waals surface area (Å²) in [6.07, 6.45) is -0.706. The van der Waals surface area contributed by atoms with Crippen molar-refractivity contribution in [3.63, 3.8) is 0 Å². The topological polar surface area (TPSA) is 140 Å². The minimum atomic E-state index is -1.73. The highest BCUT2D eigenvalue weighted by molar-refractivity contribution is 6.31. The summed E-state index contributed by atoms with van der Waals surface area (Å²) in [5, 5.41) is 20.7. The molecule has 168 valence electrons. The molecule has 0 bridgehead atoms. The fourth-order valence-electron chi connectivity index (χ4n) is 3.52. The van der Waals surface area contributed by atoms with Gasteiger partial charge in [-0.2, -0.15) is 0 Å². The molecule has 0 saturated heterocycles. The highest BCUT2D eigenvalue weighted by atomic mass is 35.5. The van der Waals surface area contributed by atoms with Crippen molar-refractivity contribution in [1.82, 2.24) is 0 Å². The van der Waals surface area contributed by atoms with Crippen LogP contribution in [0.3, 0.4) is 0 Å². The summed E-state index contributed by atoms with van der Waals surface area (Å²) in [6, 6.07) is 9.32. The molecule has 1 aliphatic heterocycles. The number of carbonyl (C=O) groups excluding carboxylic acids is 2. The van der Waals surface area contributed by atoms with E-state index in [1.165, 1.54) is 43.3 Å². The molecule has 0 fully saturated rings. The number of carboxylic acid groups (broad SMARTS) is 1. The molecule has 0 aliphatic carbocycles. The van der Waals surface area contributed by atoms with Crippen LogP contribution in [0.15, 0.2) is 63.3 Å². The van der Waals surface area contributed by atoms with Crippen LogP contribution in [-0.2, 0) is 9.59 Å². The van der Waals surface area contributed by atoms with E-state index in [1.54, 1.807) is 0 Å². The molecule has 2 heterocycles. The Kier molecular flexibility index (Phi) is 5.75. The van der Waals surface area contributed by atoms with Gasteiger partial charge >= 0.3 is 17.6 Å². The number of rotatable bonds is 4. The van der Waals surface area contributed by atoms with Gasteiger partial charge in [0.25, 0.3) is 0 Å². The van der Waals surface area contributed by atoms with E-state index in [9.17, 15) is 29.4 Å². The molecule has 0 radical (unpaired) electrons. The lowest BCUT2D eigenvalue weighted by Gasteiger charge is -2.25. The van der Waals surface area contributed by atoms with Crippen LogP contribution >= 0.6 is 11.6 Å². The summed E-state index contributed by atoms with van der Waals surface area (Å²) in [6.45, 7) is 1.20. The van der Waals surface area contributed by atoms with Crippen molar-refractivity contribution in [1.29, 1.82) is 0 Å². The normalized spacial score (nSPS) is 17.4. The minimum Gasteiger partial charge on any atom is -0.481 e. The summed E-state index contributed by atoms with van der Waals surface area (Å²) in [4.78, 5) is 48.5. The van der Waals surface area contributed by atoms with E-state index in [-0.39, 0.29) is 44.2 Å². The van der Waals surface area contributed by atoms with Gasteiger partial charge in [-0.05, 0) is 35.9 Å². The number of halogens is 1. The lowest BCUT2D eigenvalue weighted by Crippen LogP contribution is -2.31. The summed E-state index contributed by atoms with van der Waals surface area (Å²) in [7, 11) is 0. The first-order chi connectivity index (χ1) is 15.6. The van der Waals surface area contributed by atoms with Gasteiger partial charge in [-0.3, -0.25) is 14.4 Å². The molecule has 10 heteroatoms. The van der Waals surface area contributed by atoms with Crippen molar-refractivity contribution < 1.29 is 38.5 Å². The second kappa shape index (κ2) is 8.53. The molecule has 0 unspecified atom stereocenters. The molecule has 3 aromatic rings. The fraction of sp³-hybridized carbons (Fsp3) is 0.130. The third-order valence-electron chi connectivity index (χ3n) is 4.91. The molecule has 2 aromatic carbocycles. The SMILES string of the molecule is CC(=O)Oc1ccc2c([C@H](/C=C3/C(=O)c4cc(Cl)ccc4O[C@H]3O)C(=O)O)cc(=O)oc2c1. The summed E-state index contributed by atoms with van der Waals surface area (Å²) in [5.74, 6) is -3.97. The maximum atomic E-state index is 13.0. The first kappa shape index (κ1) is 22.3. The molecule has 1 aromatic heterocycles. The number of aliphatic hydroxyl groups is 1. The van der Waals surface area contributed by atoms with Gasteiger partial charge in [-0.15, -0.1) is 0 Å². The van der Waals surface area contributed by atoms with Gasteiger partial charge in [0.05, 0.1) is 11.1 Å². The second-order valence-corrected chi connectivity index (χ2v) is 7.59. The molecule has 0 spiro atoms. The van der Waals surface area contributed by atoms with Gasteiger partial charge in [0, 0.05) is 29.5 Å². The molecular weight excluding hydrogens is 456 g/mol. The van der Waals surface area contributed by atoms with E-state index in [4.69, 9.17) is 25.5 Å². The average molecular weight is 471 g/mol. The lowest BCUT2D eigenvalue weighted by atomic mass is 9.90. The zero-order chi connectivity index (χ0) is 23.9. The van der Waals surface area contributed by atoms with E-state index in [1.807, 2.05) is 0 Å². The number of ether oxygens (including phenoxy) is 2. The smallest absolute Gasteiger partial charge is 0.336 e. The second-order valence-electron chi connectivity index (χ2n) is 7.15. The van der Waals surface area contributed by atoms with Crippen LogP contribution in [0, 0.1) is 0 Å². The Morgan fingerprint density at radius 2 is 1.91 bits per heavy atom. The van der Waals surface area contributed by atoms with Crippen molar-refractivity contribution in [2.75, 3.05) is 0 Å². The van der Waals surface area contributed by atoms with E-state index in [0.717, 1.165) is 12.1 Å². The van der Waals surface area contributed by atoms with Gasteiger partial charge in [-0.1, -0.05) is 17.7 Å². The van der Waals surface area contributed by atoms with Crippen molar-refractivity contribution in [2.24, 2.45) is 0 Å². The van der Waals surface area contributed by atoms with Gasteiger partial charge in [0.15, 0.2) is 5.78 Å². The number of carboxylic acids is 1. The molecule has 2 N–H and O–H groups in total. The molecule has 0 saturated carbocycles. The van der Waals surface area contributed by atoms with E-state index < -0.39 is 35.6 Å². The lowest BCUT2D eigenvalue weighted by molar-refractivity contribution is -0.137. The number of aliphatic carboxylic acids is 1. The van der Waals surface area contributed by atoms with Gasteiger partial charge in [-0.25, -0.2) is 4.79 Å². The molecule has 9 nitrogen and oxygen atoms in total. The van der Waals surface area contributed by atoms with Crippen molar-refractivity contribution in [2.45, 2.75) is 19.1 Å². The third-order valence-corrected chi connectivity index (χ3v) is 5.15. The van der Waals surface area contributed by atoms with Crippen LogP contribution in [0.25, 0.3) is 11.0 Å². The Hall–Kier alpha value is -3.95.